The first-order valence-corrected chi connectivity index (χ1v) is 9.22. The average Bonchev–Trinajstić information content (AvgIpc) is 3.36. The van der Waals surface area contributed by atoms with Gasteiger partial charge in [0.2, 0.25) is 6.79 Å². The molecule has 0 saturated carbocycles. The Hall–Kier alpha value is -2.31. The summed E-state index contributed by atoms with van der Waals surface area (Å²) in [7, 11) is 0. The van der Waals surface area contributed by atoms with E-state index in [0.717, 1.165) is 50.1 Å². The van der Waals surface area contributed by atoms with Gasteiger partial charge in [-0.1, -0.05) is 12.1 Å². The molecule has 0 aliphatic carbocycles. The third kappa shape index (κ3) is 3.10. The fourth-order valence-corrected chi connectivity index (χ4v) is 4.22. The Bertz CT molecular complexity index is 770. The molecule has 1 N–H and O–H groups in total. The standard InChI is InChI=1S/C20H23N3O3/c1-2-6-21-20(3-1)22-8-15-12-24-19-11-23(10-16(15)19)9-14-4-5-17-18(7-14)26-13-25-17/h1-7,15-16,19H,8-13H2,(H,21,22)/t15-,16-,19-/m0/s1. The van der Waals surface area contributed by atoms with Crippen molar-refractivity contribution in [1.82, 2.24) is 9.88 Å². The molecular weight excluding hydrogens is 330 g/mol. The summed E-state index contributed by atoms with van der Waals surface area (Å²) in [6.07, 6.45) is 2.17. The summed E-state index contributed by atoms with van der Waals surface area (Å²) < 4.78 is 17.0. The van der Waals surface area contributed by atoms with E-state index < -0.39 is 0 Å². The number of hydrogen-bond acceptors (Lipinski definition) is 6. The zero-order valence-electron chi connectivity index (χ0n) is 14.6. The van der Waals surface area contributed by atoms with Gasteiger partial charge in [0.25, 0.3) is 0 Å². The number of rotatable bonds is 5. The minimum Gasteiger partial charge on any atom is -0.454 e. The summed E-state index contributed by atoms with van der Waals surface area (Å²) in [6, 6.07) is 12.2. The Morgan fingerprint density at radius 3 is 3.00 bits per heavy atom. The molecule has 0 bridgehead atoms. The molecule has 1 aromatic heterocycles. The molecule has 0 spiro atoms. The number of pyridine rings is 1. The van der Waals surface area contributed by atoms with Crippen molar-refractivity contribution in [3.05, 3.63) is 48.2 Å². The zero-order valence-corrected chi connectivity index (χ0v) is 14.6. The first kappa shape index (κ1) is 15.9. The summed E-state index contributed by atoms with van der Waals surface area (Å²) in [5.41, 5.74) is 1.26. The highest BCUT2D eigenvalue weighted by molar-refractivity contribution is 5.44. The van der Waals surface area contributed by atoms with Crippen LogP contribution in [0.5, 0.6) is 11.5 Å². The van der Waals surface area contributed by atoms with Crippen LogP contribution < -0.4 is 14.8 Å². The maximum atomic E-state index is 6.07. The van der Waals surface area contributed by atoms with E-state index in [0.29, 0.717) is 24.7 Å². The molecule has 4 heterocycles. The van der Waals surface area contributed by atoms with Gasteiger partial charge in [-0.25, -0.2) is 4.98 Å². The van der Waals surface area contributed by atoms with E-state index in [1.165, 1.54) is 5.56 Å². The highest BCUT2D eigenvalue weighted by Crippen LogP contribution is 2.36. The fraction of sp³-hybridized carbons (Fsp3) is 0.450. The third-order valence-corrected chi connectivity index (χ3v) is 5.57. The summed E-state index contributed by atoms with van der Waals surface area (Å²) in [4.78, 5) is 6.83. The number of hydrogen-bond donors (Lipinski definition) is 1. The Labute approximate surface area is 153 Å². The molecule has 0 radical (unpaired) electrons. The smallest absolute Gasteiger partial charge is 0.231 e. The maximum Gasteiger partial charge on any atom is 0.231 e. The van der Waals surface area contributed by atoms with Gasteiger partial charge in [-0.2, -0.15) is 0 Å². The predicted octanol–water partition coefficient (Wildman–Crippen LogP) is 2.37. The first-order chi connectivity index (χ1) is 12.8. The molecule has 3 atom stereocenters. The van der Waals surface area contributed by atoms with Crippen molar-refractivity contribution in [1.29, 1.82) is 0 Å². The van der Waals surface area contributed by atoms with Gasteiger partial charge in [-0.3, -0.25) is 4.90 Å². The largest absolute Gasteiger partial charge is 0.454 e. The van der Waals surface area contributed by atoms with E-state index in [1.54, 1.807) is 0 Å². The molecule has 1 aromatic carbocycles. The SMILES string of the molecule is c1ccc(NC[C@H]2CO[C@H]3CN(Cc4ccc5c(c4)OCO5)C[C@@H]23)nc1. The van der Waals surface area contributed by atoms with Gasteiger partial charge in [-0.05, 0) is 29.8 Å². The van der Waals surface area contributed by atoms with E-state index in [2.05, 4.69) is 27.3 Å². The summed E-state index contributed by atoms with van der Waals surface area (Å²) in [5.74, 6) is 3.75. The van der Waals surface area contributed by atoms with Crippen LogP contribution in [0.25, 0.3) is 0 Å². The van der Waals surface area contributed by atoms with E-state index in [9.17, 15) is 0 Å². The van der Waals surface area contributed by atoms with Gasteiger partial charge in [0.05, 0.1) is 12.7 Å². The normalized spacial score (nSPS) is 26.8. The quantitative estimate of drug-likeness (QED) is 0.891. The van der Waals surface area contributed by atoms with Crippen molar-refractivity contribution < 1.29 is 14.2 Å². The van der Waals surface area contributed by atoms with Crippen LogP contribution in [-0.4, -0.2) is 49.0 Å². The number of fused-ring (bicyclic) bond motifs is 2. The third-order valence-electron chi connectivity index (χ3n) is 5.57. The molecule has 5 rings (SSSR count). The topological polar surface area (TPSA) is 55.9 Å². The molecule has 2 fully saturated rings. The average molecular weight is 353 g/mol. The van der Waals surface area contributed by atoms with Crippen LogP contribution in [0.2, 0.25) is 0 Å². The lowest BCUT2D eigenvalue weighted by Crippen LogP contribution is -2.27. The minimum atomic E-state index is 0.325. The number of nitrogens with zero attached hydrogens (tertiary/aromatic N) is 2. The molecule has 2 aromatic rings. The first-order valence-electron chi connectivity index (χ1n) is 9.22. The van der Waals surface area contributed by atoms with Gasteiger partial charge in [0, 0.05) is 44.2 Å². The number of aromatic nitrogens is 1. The lowest BCUT2D eigenvalue weighted by Gasteiger charge is -2.20. The van der Waals surface area contributed by atoms with Gasteiger partial charge in [-0.15, -0.1) is 0 Å². The van der Waals surface area contributed by atoms with Crippen molar-refractivity contribution in [2.45, 2.75) is 12.6 Å². The van der Waals surface area contributed by atoms with Crippen molar-refractivity contribution in [3.8, 4) is 11.5 Å². The monoisotopic (exact) mass is 353 g/mol. The highest BCUT2D eigenvalue weighted by Gasteiger charge is 2.43. The van der Waals surface area contributed by atoms with E-state index in [4.69, 9.17) is 14.2 Å². The summed E-state index contributed by atoms with van der Waals surface area (Å²) >= 11 is 0. The Morgan fingerprint density at radius 2 is 2.08 bits per heavy atom. The molecule has 0 amide bonds. The van der Waals surface area contributed by atoms with Crippen LogP contribution in [0, 0.1) is 11.8 Å². The fourth-order valence-electron chi connectivity index (χ4n) is 4.22. The number of benzene rings is 1. The second-order valence-corrected chi connectivity index (χ2v) is 7.27. The number of likely N-dealkylation sites (tertiary alicyclic amines) is 1. The van der Waals surface area contributed by atoms with Crippen LogP contribution in [0.15, 0.2) is 42.6 Å². The summed E-state index contributed by atoms with van der Waals surface area (Å²) in [6.45, 7) is 5.08. The predicted molar refractivity (Wildman–Crippen MR) is 97.3 cm³/mol. The second kappa shape index (κ2) is 6.78. The molecule has 3 aliphatic rings. The van der Waals surface area contributed by atoms with Gasteiger partial charge < -0.3 is 19.5 Å². The maximum absolute atomic E-state index is 6.07. The van der Waals surface area contributed by atoms with Crippen molar-refractivity contribution in [2.24, 2.45) is 11.8 Å². The number of anilines is 1. The molecule has 6 nitrogen and oxygen atoms in total. The Kier molecular flexibility index (Phi) is 4.15. The zero-order chi connectivity index (χ0) is 17.3. The molecule has 136 valence electrons. The lowest BCUT2D eigenvalue weighted by atomic mass is 9.93. The molecule has 26 heavy (non-hydrogen) atoms. The lowest BCUT2D eigenvalue weighted by molar-refractivity contribution is 0.0946. The van der Waals surface area contributed by atoms with Crippen LogP contribution in [-0.2, 0) is 11.3 Å². The molecule has 3 aliphatic heterocycles. The van der Waals surface area contributed by atoms with Gasteiger partial charge >= 0.3 is 0 Å². The number of nitrogens with one attached hydrogen (secondary N) is 1. The van der Waals surface area contributed by atoms with Crippen LogP contribution >= 0.6 is 0 Å². The van der Waals surface area contributed by atoms with Crippen molar-refractivity contribution >= 4 is 5.82 Å². The highest BCUT2D eigenvalue weighted by atomic mass is 16.7. The van der Waals surface area contributed by atoms with Crippen LogP contribution in [0.4, 0.5) is 5.82 Å². The molecular formula is C20H23N3O3. The second-order valence-electron chi connectivity index (χ2n) is 7.27. The van der Waals surface area contributed by atoms with Crippen molar-refractivity contribution in [3.63, 3.8) is 0 Å². The van der Waals surface area contributed by atoms with Crippen molar-refractivity contribution in [2.75, 3.05) is 38.4 Å². The van der Waals surface area contributed by atoms with E-state index in [-0.39, 0.29) is 0 Å². The molecule has 0 unspecified atom stereocenters. The molecule has 6 heteroatoms. The molecule has 2 saturated heterocycles. The Balaban J connectivity index is 1.18. The number of ether oxygens (including phenoxy) is 3. The van der Waals surface area contributed by atoms with Gasteiger partial charge in [0.1, 0.15) is 5.82 Å². The summed E-state index contributed by atoms with van der Waals surface area (Å²) in [5, 5.41) is 3.45. The van der Waals surface area contributed by atoms with E-state index >= 15 is 0 Å². The Morgan fingerprint density at radius 1 is 1.12 bits per heavy atom. The van der Waals surface area contributed by atoms with Gasteiger partial charge in [0.15, 0.2) is 11.5 Å². The van der Waals surface area contributed by atoms with Crippen LogP contribution in [0.1, 0.15) is 5.56 Å². The minimum absolute atomic E-state index is 0.325. The van der Waals surface area contributed by atoms with E-state index in [1.807, 2.05) is 30.5 Å². The van der Waals surface area contributed by atoms with Crippen LogP contribution in [0.3, 0.4) is 0 Å².